The lowest BCUT2D eigenvalue weighted by Crippen LogP contribution is -2.42. The Balaban J connectivity index is 2.07. The molecule has 1 unspecified atom stereocenters. The number of rotatable bonds is 6. The van der Waals surface area contributed by atoms with E-state index in [-0.39, 0.29) is 5.91 Å². The highest BCUT2D eigenvalue weighted by molar-refractivity contribution is 9.10. The maximum absolute atomic E-state index is 12.7. The summed E-state index contributed by atoms with van der Waals surface area (Å²) in [4.78, 5) is 14.7. The van der Waals surface area contributed by atoms with Crippen LogP contribution >= 0.6 is 15.9 Å². The van der Waals surface area contributed by atoms with Gasteiger partial charge in [-0.1, -0.05) is 13.3 Å². The van der Waals surface area contributed by atoms with Gasteiger partial charge in [-0.3, -0.25) is 4.79 Å². The van der Waals surface area contributed by atoms with Crippen LogP contribution in [0.1, 0.15) is 43.1 Å². The Morgan fingerprint density at radius 3 is 2.95 bits per heavy atom. The standard InChI is InChI=1S/C15H24BrN3O/c1-3-4-8-19(11-13-6-5-7-17-13)15(20)14-9-12(16)10-18(14)2/h9-10,13,17H,3-8,11H2,1-2H3. The summed E-state index contributed by atoms with van der Waals surface area (Å²) in [7, 11) is 1.92. The fourth-order valence-electron chi connectivity index (χ4n) is 2.70. The van der Waals surface area contributed by atoms with Crippen molar-refractivity contribution >= 4 is 21.8 Å². The fraction of sp³-hybridized carbons (Fsp3) is 0.667. The third-order valence-electron chi connectivity index (χ3n) is 3.86. The van der Waals surface area contributed by atoms with Crippen molar-refractivity contribution in [2.45, 2.75) is 38.6 Å². The molecular formula is C15H24BrN3O. The Labute approximate surface area is 129 Å². The molecule has 1 aromatic heterocycles. The van der Waals surface area contributed by atoms with Crippen LogP contribution < -0.4 is 5.32 Å². The molecule has 0 aliphatic carbocycles. The Kier molecular flexibility index (Phi) is 5.66. The first-order valence-corrected chi connectivity index (χ1v) is 8.25. The van der Waals surface area contributed by atoms with Gasteiger partial charge in [0.05, 0.1) is 0 Å². The van der Waals surface area contributed by atoms with Crippen LogP contribution in [0.3, 0.4) is 0 Å². The Morgan fingerprint density at radius 1 is 1.60 bits per heavy atom. The summed E-state index contributed by atoms with van der Waals surface area (Å²) in [6.45, 7) is 4.91. The maximum Gasteiger partial charge on any atom is 0.270 e. The molecule has 1 aliphatic rings. The second kappa shape index (κ2) is 7.27. The molecule has 2 rings (SSSR count). The lowest BCUT2D eigenvalue weighted by molar-refractivity contribution is 0.0730. The Bertz CT molecular complexity index is 452. The van der Waals surface area contributed by atoms with Crippen molar-refractivity contribution in [2.24, 2.45) is 7.05 Å². The summed E-state index contributed by atoms with van der Waals surface area (Å²) in [6, 6.07) is 2.36. The minimum atomic E-state index is 0.139. The van der Waals surface area contributed by atoms with E-state index in [2.05, 4.69) is 28.2 Å². The first kappa shape index (κ1) is 15.6. The number of carbonyl (C=O) groups is 1. The van der Waals surface area contributed by atoms with E-state index in [1.807, 2.05) is 28.8 Å². The predicted molar refractivity (Wildman–Crippen MR) is 84.9 cm³/mol. The van der Waals surface area contributed by atoms with Crippen LogP contribution in [0.25, 0.3) is 0 Å². The van der Waals surface area contributed by atoms with E-state index in [0.717, 1.165) is 42.6 Å². The van der Waals surface area contributed by atoms with Gasteiger partial charge in [-0.2, -0.15) is 0 Å². The molecule has 112 valence electrons. The van der Waals surface area contributed by atoms with E-state index in [1.54, 1.807) is 0 Å². The van der Waals surface area contributed by atoms with E-state index < -0.39 is 0 Å². The first-order valence-electron chi connectivity index (χ1n) is 7.46. The zero-order chi connectivity index (χ0) is 14.5. The molecule has 1 fully saturated rings. The second-order valence-electron chi connectivity index (χ2n) is 5.55. The molecule has 0 saturated carbocycles. The quantitative estimate of drug-likeness (QED) is 0.863. The molecule has 4 nitrogen and oxygen atoms in total. The number of hydrogen-bond donors (Lipinski definition) is 1. The summed E-state index contributed by atoms with van der Waals surface area (Å²) in [5.41, 5.74) is 0.756. The SMILES string of the molecule is CCCCN(CC1CCCN1)C(=O)c1cc(Br)cn1C. The van der Waals surface area contributed by atoms with Gasteiger partial charge in [-0.15, -0.1) is 0 Å². The number of aromatic nitrogens is 1. The summed E-state index contributed by atoms with van der Waals surface area (Å²) >= 11 is 3.44. The van der Waals surface area contributed by atoms with E-state index in [0.29, 0.717) is 6.04 Å². The van der Waals surface area contributed by atoms with Gasteiger partial charge >= 0.3 is 0 Å². The summed E-state index contributed by atoms with van der Waals surface area (Å²) in [5, 5.41) is 3.48. The highest BCUT2D eigenvalue weighted by Gasteiger charge is 2.23. The number of aryl methyl sites for hydroxylation is 1. The average molecular weight is 342 g/mol. The van der Waals surface area contributed by atoms with E-state index in [4.69, 9.17) is 0 Å². The van der Waals surface area contributed by atoms with Crippen molar-refractivity contribution in [2.75, 3.05) is 19.6 Å². The second-order valence-corrected chi connectivity index (χ2v) is 6.47. The van der Waals surface area contributed by atoms with Crippen LogP contribution in [0.15, 0.2) is 16.7 Å². The van der Waals surface area contributed by atoms with Crippen LogP contribution in [-0.4, -0.2) is 41.1 Å². The van der Waals surface area contributed by atoms with Crippen molar-refractivity contribution in [1.29, 1.82) is 0 Å². The van der Waals surface area contributed by atoms with Gasteiger partial charge in [-0.05, 0) is 47.8 Å². The van der Waals surface area contributed by atoms with Crippen molar-refractivity contribution in [3.05, 3.63) is 22.4 Å². The maximum atomic E-state index is 12.7. The van der Waals surface area contributed by atoms with Crippen LogP contribution in [-0.2, 0) is 7.05 Å². The molecule has 5 heteroatoms. The predicted octanol–water partition coefficient (Wildman–Crippen LogP) is 2.78. The van der Waals surface area contributed by atoms with Crippen LogP contribution in [0, 0.1) is 0 Å². The number of nitrogens with zero attached hydrogens (tertiary/aromatic N) is 2. The Morgan fingerprint density at radius 2 is 2.40 bits per heavy atom. The number of carbonyl (C=O) groups excluding carboxylic acids is 1. The molecule has 1 amide bonds. The van der Waals surface area contributed by atoms with Crippen molar-refractivity contribution in [3.63, 3.8) is 0 Å². The minimum Gasteiger partial charge on any atom is -0.345 e. The lowest BCUT2D eigenvalue weighted by atomic mass is 10.2. The molecule has 0 bridgehead atoms. The smallest absolute Gasteiger partial charge is 0.270 e. The number of unbranched alkanes of at least 4 members (excludes halogenated alkanes) is 1. The number of halogens is 1. The average Bonchev–Trinajstić information content (AvgIpc) is 3.03. The van der Waals surface area contributed by atoms with Gasteiger partial charge in [0.25, 0.3) is 5.91 Å². The highest BCUT2D eigenvalue weighted by Crippen LogP contribution is 2.17. The number of amides is 1. The van der Waals surface area contributed by atoms with Gasteiger partial charge in [0.2, 0.25) is 0 Å². The lowest BCUT2D eigenvalue weighted by Gasteiger charge is -2.26. The van der Waals surface area contributed by atoms with Gasteiger partial charge in [0.15, 0.2) is 0 Å². The Hall–Kier alpha value is -0.810. The van der Waals surface area contributed by atoms with Gasteiger partial charge < -0.3 is 14.8 Å². The monoisotopic (exact) mass is 341 g/mol. The topological polar surface area (TPSA) is 37.3 Å². The van der Waals surface area contributed by atoms with E-state index in [9.17, 15) is 4.79 Å². The van der Waals surface area contributed by atoms with Crippen molar-refractivity contribution in [1.82, 2.24) is 14.8 Å². The third-order valence-corrected chi connectivity index (χ3v) is 4.30. The molecule has 1 saturated heterocycles. The molecule has 0 radical (unpaired) electrons. The zero-order valence-corrected chi connectivity index (χ0v) is 13.9. The fourth-order valence-corrected chi connectivity index (χ4v) is 3.23. The van der Waals surface area contributed by atoms with Crippen molar-refractivity contribution in [3.8, 4) is 0 Å². The summed E-state index contributed by atoms with van der Waals surface area (Å²) in [5.74, 6) is 0.139. The molecule has 1 atom stereocenters. The van der Waals surface area contributed by atoms with E-state index >= 15 is 0 Å². The van der Waals surface area contributed by atoms with E-state index in [1.165, 1.54) is 12.8 Å². The summed E-state index contributed by atoms with van der Waals surface area (Å²) in [6.07, 6.45) is 6.49. The van der Waals surface area contributed by atoms with Gasteiger partial charge in [0.1, 0.15) is 5.69 Å². The molecule has 0 spiro atoms. The minimum absolute atomic E-state index is 0.139. The highest BCUT2D eigenvalue weighted by atomic mass is 79.9. The third kappa shape index (κ3) is 3.85. The first-order chi connectivity index (χ1) is 9.61. The molecular weight excluding hydrogens is 318 g/mol. The number of hydrogen-bond acceptors (Lipinski definition) is 2. The normalized spacial score (nSPS) is 18.4. The zero-order valence-electron chi connectivity index (χ0n) is 12.4. The molecule has 1 N–H and O–H groups in total. The van der Waals surface area contributed by atoms with Gasteiger partial charge in [0, 0.05) is 36.8 Å². The van der Waals surface area contributed by atoms with Gasteiger partial charge in [-0.25, -0.2) is 0 Å². The molecule has 2 heterocycles. The summed E-state index contributed by atoms with van der Waals surface area (Å²) < 4.78 is 2.85. The molecule has 1 aliphatic heterocycles. The van der Waals surface area contributed by atoms with Crippen LogP contribution in [0.5, 0.6) is 0 Å². The van der Waals surface area contributed by atoms with Crippen molar-refractivity contribution < 1.29 is 4.79 Å². The molecule has 20 heavy (non-hydrogen) atoms. The molecule has 0 aromatic carbocycles. The largest absolute Gasteiger partial charge is 0.345 e. The van der Waals surface area contributed by atoms with Crippen LogP contribution in [0.4, 0.5) is 0 Å². The number of nitrogens with one attached hydrogen (secondary N) is 1. The molecule has 1 aromatic rings. The van der Waals surface area contributed by atoms with Crippen LogP contribution in [0.2, 0.25) is 0 Å².